The molecule has 2 aromatic carbocycles. The highest BCUT2D eigenvalue weighted by molar-refractivity contribution is 7.92. The van der Waals surface area contributed by atoms with E-state index in [4.69, 9.17) is 14.2 Å². The Kier molecular flexibility index (Phi) is 11.1. The summed E-state index contributed by atoms with van der Waals surface area (Å²) in [4.78, 5) is 28.9. The van der Waals surface area contributed by atoms with Gasteiger partial charge in [0, 0.05) is 18.7 Å². The third-order valence-corrected chi connectivity index (χ3v) is 8.30. The second-order valence-electron chi connectivity index (χ2n) is 9.95. The maximum atomic E-state index is 14.0. The maximum Gasteiger partial charge on any atom is 0.244 e. The van der Waals surface area contributed by atoms with Crippen LogP contribution in [-0.2, 0) is 26.2 Å². The lowest BCUT2D eigenvalue weighted by Gasteiger charge is -2.34. The van der Waals surface area contributed by atoms with E-state index >= 15 is 0 Å². The monoisotopic (exact) mass is 575 g/mol. The molecule has 1 unspecified atom stereocenters. The number of amides is 2. The van der Waals surface area contributed by atoms with Gasteiger partial charge in [0.05, 0.1) is 33.3 Å². The van der Waals surface area contributed by atoms with Crippen LogP contribution in [0.1, 0.15) is 51.0 Å². The van der Waals surface area contributed by atoms with E-state index in [-0.39, 0.29) is 24.2 Å². The van der Waals surface area contributed by atoms with Crippen molar-refractivity contribution in [3.63, 3.8) is 0 Å². The molecule has 3 rings (SSSR count). The maximum absolute atomic E-state index is 14.0. The predicted octanol–water partition coefficient (Wildman–Crippen LogP) is 3.73. The van der Waals surface area contributed by atoms with Gasteiger partial charge in [0.25, 0.3) is 0 Å². The Hall–Kier alpha value is -3.47. The van der Waals surface area contributed by atoms with Gasteiger partial charge in [-0.3, -0.25) is 13.9 Å². The Balaban J connectivity index is 1.96. The van der Waals surface area contributed by atoms with Crippen LogP contribution in [0.5, 0.6) is 17.2 Å². The summed E-state index contributed by atoms with van der Waals surface area (Å²) in [7, 11) is 0.606. The van der Waals surface area contributed by atoms with Gasteiger partial charge >= 0.3 is 0 Å². The Morgan fingerprint density at radius 1 is 0.975 bits per heavy atom. The van der Waals surface area contributed by atoms with Crippen LogP contribution >= 0.6 is 0 Å². The number of anilines is 1. The zero-order chi connectivity index (χ0) is 29.3. The summed E-state index contributed by atoms with van der Waals surface area (Å²) in [5.41, 5.74) is 1.00. The van der Waals surface area contributed by atoms with Gasteiger partial charge in [-0.1, -0.05) is 38.3 Å². The van der Waals surface area contributed by atoms with Gasteiger partial charge in [-0.2, -0.15) is 0 Å². The van der Waals surface area contributed by atoms with Gasteiger partial charge in [0.1, 0.15) is 18.3 Å². The number of hydrogen-bond donors (Lipinski definition) is 1. The molecule has 0 radical (unpaired) electrons. The van der Waals surface area contributed by atoms with Crippen molar-refractivity contribution in [2.75, 3.05) is 38.4 Å². The number of ether oxygens (including phenoxy) is 3. The molecule has 1 fully saturated rings. The summed E-state index contributed by atoms with van der Waals surface area (Å²) in [6.45, 7) is 1.46. The Morgan fingerprint density at radius 3 is 2.27 bits per heavy atom. The fourth-order valence-corrected chi connectivity index (χ4v) is 5.87. The first-order valence-electron chi connectivity index (χ1n) is 13.5. The number of carbonyl (C=O) groups is 2. The summed E-state index contributed by atoms with van der Waals surface area (Å²) in [5, 5.41) is 3.14. The molecule has 1 N–H and O–H groups in total. The molecule has 220 valence electrons. The van der Waals surface area contributed by atoms with Gasteiger partial charge in [0.15, 0.2) is 11.5 Å². The standard InChI is InChI=1S/C29H41N3O7S/c1-6-25(29(34)30-22-12-8-7-9-13-22)31(19-21-11-10-14-24(17-21)37-2)28(33)20-32(40(5,35)36)23-15-16-26(38-3)27(18-23)39-4/h10-11,14-18,22,25H,6-9,12-13,19-20H2,1-5H3,(H,30,34). The number of rotatable bonds is 13. The van der Waals surface area contributed by atoms with Crippen molar-refractivity contribution in [3.8, 4) is 17.2 Å². The van der Waals surface area contributed by atoms with Crippen molar-refractivity contribution in [1.29, 1.82) is 0 Å². The van der Waals surface area contributed by atoms with Crippen molar-refractivity contribution in [3.05, 3.63) is 48.0 Å². The number of carbonyl (C=O) groups excluding carboxylic acids is 2. The summed E-state index contributed by atoms with van der Waals surface area (Å²) in [6.07, 6.45) is 6.49. The van der Waals surface area contributed by atoms with E-state index in [1.807, 2.05) is 19.1 Å². The molecule has 0 aliphatic heterocycles. The van der Waals surface area contributed by atoms with Crippen LogP contribution in [0.3, 0.4) is 0 Å². The minimum Gasteiger partial charge on any atom is -0.497 e. The van der Waals surface area contributed by atoms with Crippen molar-refractivity contribution in [2.24, 2.45) is 0 Å². The SMILES string of the molecule is CCC(C(=O)NC1CCCCC1)N(Cc1cccc(OC)c1)C(=O)CN(c1ccc(OC)c(OC)c1)S(C)(=O)=O. The summed E-state index contributed by atoms with van der Waals surface area (Å²) in [5.74, 6) is 0.632. The molecular formula is C29H41N3O7S. The highest BCUT2D eigenvalue weighted by Crippen LogP contribution is 2.32. The van der Waals surface area contributed by atoms with Gasteiger partial charge < -0.3 is 24.4 Å². The molecule has 2 aromatic rings. The van der Waals surface area contributed by atoms with Crippen LogP contribution in [0.4, 0.5) is 5.69 Å². The van der Waals surface area contributed by atoms with E-state index in [1.165, 1.54) is 25.2 Å². The van der Waals surface area contributed by atoms with Gasteiger partial charge in [-0.05, 0) is 49.1 Å². The average molecular weight is 576 g/mol. The zero-order valence-electron chi connectivity index (χ0n) is 24.0. The fourth-order valence-electron chi connectivity index (χ4n) is 5.03. The number of hydrogen-bond acceptors (Lipinski definition) is 7. The highest BCUT2D eigenvalue weighted by Gasteiger charge is 2.33. The number of methoxy groups -OCH3 is 3. The van der Waals surface area contributed by atoms with Gasteiger partial charge in [-0.25, -0.2) is 8.42 Å². The van der Waals surface area contributed by atoms with Crippen molar-refractivity contribution < 1.29 is 32.2 Å². The molecule has 0 bridgehead atoms. The minimum absolute atomic E-state index is 0.0725. The summed E-state index contributed by atoms with van der Waals surface area (Å²) in [6, 6.07) is 11.2. The molecule has 0 spiro atoms. The molecular weight excluding hydrogens is 534 g/mol. The third-order valence-electron chi connectivity index (χ3n) is 7.16. The largest absolute Gasteiger partial charge is 0.497 e. The van der Waals surface area contributed by atoms with Crippen LogP contribution in [0.15, 0.2) is 42.5 Å². The molecule has 11 heteroatoms. The molecule has 1 saturated carbocycles. The van der Waals surface area contributed by atoms with Crippen LogP contribution < -0.4 is 23.8 Å². The topological polar surface area (TPSA) is 114 Å². The molecule has 10 nitrogen and oxygen atoms in total. The van der Waals surface area contributed by atoms with E-state index in [0.29, 0.717) is 23.7 Å². The predicted molar refractivity (Wildman–Crippen MR) is 154 cm³/mol. The van der Waals surface area contributed by atoms with E-state index < -0.39 is 28.5 Å². The molecule has 0 saturated heterocycles. The van der Waals surface area contributed by atoms with Crippen LogP contribution in [0.2, 0.25) is 0 Å². The zero-order valence-corrected chi connectivity index (χ0v) is 24.8. The van der Waals surface area contributed by atoms with Crippen molar-refractivity contribution >= 4 is 27.5 Å². The van der Waals surface area contributed by atoms with Crippen LogP contribution in [-0.4, -0.2) is 71.3 Å². The molecule has 0 heterocycles. The number of nitrogens with one attached hydrogen (secondary N) is 1. The summed E-state index contributed by atoms with van der Waals surface area (Å²) >= 11 is 0. The summed E-state index contributed by atoms with van der Waals surface area (Å²) < 4.78 is 42.8. The Bertz CT molecular complexity index is 1260. The van der Waals surface area contributed by atoms with Crippen LogP contribution in [0.25, 0.3) is 0 Å². The smallest absolute Gasteiger partial charge is 0.244 e. The lowest BCUT2D eigenvalue weighted by molar-refractivity contribution is -0.140. The van der Waals surface area contributed by atoms with E-state index in [9.17, 15) is 18.0 Å². The van der Waals surface area contributed by atoms with E-state index in [2.05, 4.69) is 5.32 Å². The molecule has 1 aliphatic carbocycles. The van der Waals surface area contributed by atoms with Crippen LogP contribution in [0, 0.1) is 0 Å². The number of sulfonamides is 1. The molecule has 2 amide bonds. The van der Waals surface area contributed by atoms with Crippen molar-refractivity contribution in [1.82, 2.24) is 10.2 Å². The normalized spacial score (nSPS) is 14.6. The molecule has 40 heavy (non-hydrogen) atoms. The van der Waals surface area contributed by atoms with Gasteiger partial charge in [-0.15, -0.1) is 0 Å². The van der Waals surface area contributed by atoms with Crippen molar-refractivity contribution in [2.45, 2.75) is 64.1 Å². The van der Waals surface area contributed by atoms with E-state index in [0.717, 1.165) is 48.2 Å². The second-order valence-corrected chi connectivity index (χ2v) is 11.9. The van der Waals surface area contributed by atoms with Gasteiger partial charge in [0.2, 0.25) is 21.8 Å². The lowest BCUT2D eigenvalue weighted by Crippen LogP contribution is -2.53. The first-order valence-corrected chi connectivity index (χ1v) is 15.4. The quantitative estimate of drug-likeness (QED) is 0.387. The molecule has 0 aromatic heterocycles. The Morgan fingerprint density at radius 2 is 1.68 bits per heavy atom. The fraction of sp³-hybridized carbons (Fsp3) is 0.517. The highest BCUT2D eigenvalue weighted by atomic mass is 32.2. The average Bonchev–Trinajstić information content (AvgIpc) is 2.95. The number of nitrogens with zero attached hydrogens (tertiary/aromatic N) is 2. The Labute approximate surface area is 237 Å². The lowest BCUT2D eigenvalue weighted by atomic mass is 9.95. The second kappa shape index (κ2) is 14.2. The van der Waals surface area contributed by atoms with E-state index in [1.54, 1.807) is 31.4 Å². The third kappa shape index (κ3) is 8.03. The number of benzene rings is 2. The minimum atomic E-state index is -3.88. The molecule has 1 atom stereocenters. The molecule has 1 aliphatic rings. The first kappa shape index (κ1) is 31.1. The first-order chi connectivity index (χ1) is 19.1.